The van der Waals surface area contributed by atoms with E-state index < -0.39 is 0 Å². The van der Waals surface area contributed by atoms with Crippen LogP contribution in [0, 0.1) is 0 Å². The van der Waals surface area contributed by atoms with Crippen LogP contribution < -0.4 is 4.90 Å². The van der Waals surface area contributed by atoms with Crippen molar-refractivity contribution in [3.63, 3.8) is 0 Å². The van der Waals surface area contributed by atoms with E-state index in [0.29, 0.717) is 13.0 Å². The fourth-order valence-electron chi connectivity index (χ4n) is 3.29. The number of aryl methyl sites for hydroxylation is 1. The summed E-state index contributed by atoms with van der Waals surface area (Å²) in [5.41, 5.74) is 4.34. The Labute approximate surface area is 169 Å². The van der Waals surface area contributed by atoms with E-state index in [9.17, 15) is 4.79 Å². The van der Waals surface area contributed by atoms with Gasteiger partial charge in [0.2, 0.25) is 5.91 Å². The number of anilines is 1. The molecule has 4 rings (SSSR count). The molecular formula is C24H22N2OS. The van der Waals surface area contributed by atoms with Crippen LogP contribution >= 0.6 is 11.3 Å². The molecule has 1 amide bonds. The number of carbonyl (C=O) groups excluding carboxylic acids is 1. The zero-order valence-electron chi connectivity index (χ0n) is 15.8. The van der Waals surface area contributed by atoms with Crippen LogP contribution in [0.1, 0.15) is 23.6 Å². The van der Waals surface area contributed by atoms with Crippen LogP contribution in [0.25, 0.3) is 10.2 Å². The molecular weight excluding hydrogens is 364 g/mol. The van der Waals surface area contributed by atoms with E-state index in [1.54, 1.807) is 11.3 Å². The number of hydrogen-bond donors (Lipinski definition) is 0. The number of para-hydroxylation sites is 1. The largest absolute Gasteiger partial charge is 0.283 e. The molecule has 4 heteroatoms. The van der Waals surface area contributed by atoms with Crippen LogP contribution in [0.4, 0.5) is 5.13 Å². The molecule has 0 spiro atoms. The van der Waals surface area contributed by atoms with Gasteiger partial charge in [0.15, 0.2) is 5.13 Å². The predicted octanol–water partition coefficient (Wildman–Crippen LogP) is 5.63. The van der Waals surface area contributed by atoms with Crippen molar-refractivity contribution in [3.05, 3.63) is 95.6 Å². The first kappa shape index (κ1) is 18.4. The van der Waals surface area contributed by atoms with Gasteiger partial charge in [-0.3, -0.25) is 9.69 Å². The number of rotatable bonds is 6. The van der Waals surface area contributed by atoms with Gasteiger partial charge < -0.3 is 0 Å². The summed E-state index contributed by atoms with van der Waals surface area (Å²) in [6.07, 6.45) is 1.29. The van der Waals surface area contributed by atoms with Gasteiger partial charge in [0.1, 0.15) is 0 Å². The molecule has 0 radical (unpaired) electrons. The lowest BCUT2D eigenvalue weighted by Crippen LogP contribution is -2.31. The lowest BCUT2D eigenvalue weighted by atomic mass is 10.1. The van der Waals surface area contributed by atoms with Crippen LogP contribution in [0.3, 0.4) is 0 Å². The van der Waals surface area contributed by atoms with Gasteiger partial charge in [-0.25, -0.2) is 4.98 Å². The van der Waals surface area contributed by atoms with Gasteiger partial charge in [-0.15, -0.1) is 0 Å². The summed E-state index contributed by atoms with van der Waals surface area (Å²) in [5, 5.41) is 0.765. The van der Waals surface area contributed by atoms with Crippen LogP contribution in [-0.4, -0.2) is 10.9 Å². The minimum atomic E-state index is 0.0622. The van der Waals surface area contributed by atoms with Gasteiger partial charge in [-0.1, -0.05) is 91.1 Å². The van der Waals surface area contributed by atoms with E-state index in [1.807, 2.05) is 65.6 Å². The van der Waals surface area contributed by atoms with Crippen molar-refractivity contribution in [1.82, 2.24) is 4.98 Å². The summed E-state index contributed by atoms with van der Waals surface area (Å²) in [6, 6.07) is 26.2. The highest BCUT2D eigenvalue weighted by Gasteiger charge is 2.21. The molecule has 0 aliphatic rings. The number of carbonyl (C=O) groups is 1. The zero-order valence-corrected chi connectivity index (χ0v) is 16.7. The monoisotopic (exact) mass is 386 g/mol. The van der Waals surface area contributed by atoms with Crippen LogP contribution in [0.15, 0.2) is 78.9 Å². The van der Waals surface area contributed by atoms with Crippen LogP contribution in [-0.2, 0) is 24.2 Å². The number of benzene rings is 3. The lowest BCUT2D eigenvalue weighted by molar-refractivity contribution is -0.118. The molecule has 0 aliphatic carbocycles. The van der Waals surface area contributed by atoms with Gasteiger partial charge in [-0.05, 0) is 29.2 Å². The van der Waals surface area contributed by atoms with Crippen molar-refractivity contribution in [2.45, 2.75) is 26.3 Å². The number of thiazole rings is 1. The molecule has 0 saturated carbocycles. The molecule has 1 aromatic heterocycles. The van der Waals surface area contributed by atoms with Gasteiger partial charge in [0.05, 0.1) is 23.2 Å². The van der Waals surface area contributed by atoms with Gasteiger partial charge in [0, 0.05) is 0 Å². The summed E-state index contributed by atoms with van der Waals surface area (Å²) in [4.78, 5) is 19.9. The summed E-state index contributed by atoms with van der Waals surface area (Å²) in [5.74, 6) is 0.0622. The first-order valence-corrected chi connectivity index (χ1v) is 10.3. The minimum absolute atomic E-state index is 0.0622. The molecule has 0 bridgehead atoms. The second kappa shape index (κ2) is 8.36. The Kier molecular flexibility index (Phi) is 5.49. The van der Waals surface area contributed by atoms with Crippen molar-refractivity contribution in [2.24, 2.45) is 0 Å². The Balaban J connectivity index is 1.71. The quantitative estimate of drug-likeness (QED) is 0.430. The highest BCUT2D eigenvalue weighted by Crippen LogP contribution is 2.32. The Morgan fingerprint density at radius 1 is 0.893 bits per heavy atom. The average molecular weight is 387 g/mol. The Hall–Kier alpha value is -2.98. The highest BCUT2D eigenvalue weighted by molar-refractivity contribution is 7.22. The van der Waals surface area contributed by atoms with Crippen molar-refractivity contribution in [3.8, 4) is 0 Å². The molecule has 0 unspecified atom stereocenters. The maximum atomic E-state index is 13.2. The minimum Gasteiger partial charge on any atom is -0.283 e. The summed E-state index contributed by atoms with van der Waals surface area (Å²) >= 11 is 1.59. The summed E-state index contributed by atoms with van der Waals surface area (Å²) in [7, 11) is 0. The zero-order chi connectivity index (χ0) is 19.3. The second-order valence-corrected chi connectivity index (χ2v) is 7.75. The third-order valence-corrected chi connectivity index (χ3v) is 5.83. The topological polar surface area (TPSA) is 33.2 Å². The van der Waals surface area contributed by atoms with E-state index >= 15 is 0 Å². The number of nitrogens with zero attached hydrogens (tertiary/aromatic N) is 2. The lowest BCUT2D eigenvalue weighted by Gasteiger charge is -2.20. The maximum Gasteiger partial charge on any atom is 0.233 e. The molecule has 4 aromatic rings. The summed E-state index contributed by atoms with van der Waals surface area (Å²) in [6.45, 7) is 2.66. The maximum absolute atomic E-state index is 13.2. The molecule has 28 heavy (non-hydrogen) atoms. The normalized spacial score (nSPS) is 10.9. The molecule has 1 heterocycles. The standard InChI is InChI=1S/C24H22N2OS/c1-2-20-14-9-15-21-23(20)25-24(28-21)26(17-19-12-7-4-8-13-19)22(27)16-18-10-5-3-6-11-18/h3-15H,2,16-17H2,1H3. The first-order chi connectivity index (χ1) is 13.7. The van der Waals surface area contributed by atoms with Crippen molar-refractivity contribution < 1.29 is 4.79 Å². The molecule has 0 fully saturated rings. The van der Waals surface area contributed by atoms with E-state index in [1.165, 1.54) is 5.56 Å². The number of aromatic nitrogens is 1. The average Bonchev–Trinajstić information content (AvgIpc) is 3.17. The third kappa shape index (κ3) is 3.97. The molecule has 0 N–H and O–H groups in total. The van der Waals surface area contributed by atoms with Crippen molar-refractivity contribution >= 4 is 32.6 Å². The van der Waals surface area contributed by atoms with E-state index in [4.69, 9.17) is 4.98 Å². The fraction of sp³-hybridized carbons (Fsp3) is 0.167. The molecule has 140 valence electrons. The molecule has 3 nitrogen and oxygen atoms in total. The van der Waals surface area contributed by atoms with E-state index in [-0.39, 0.29) is 5.91 Å². The first-order valence-electron chi connectivity index (χ1n) is 9.51. The second-order valence-electron chi connectivity index (χ2n) is 6.74. The fourth-order valence-corrected chi connectivity index (χ4v) is 4.32. The van der Waals surface area contributed by atoms with E-state index in [0.717, 1.165) is 32.9 Å². The van der Waals surface area contributed by atoms with Gasteiger partial charge in [-0.2, -0.15) is 0 Å². The Bertz CT molecular complexity index is 1070. The van der Waals surface area contributed by atoms with Gasteiger partial charge >= 0.3 is 0 Å². The third-order valence-electron chi connectivity index (χ3n) is 4.79. The highest BCUT2D eigenvalue weighted by atomic mass is 32.1. The Morgan fingerprint density at radius 2 is 1.57 bits per heavy atom. The summed E-state index contributed by atoms with van der Waals surface area (Å²) < 4.78 is 1.12. The van der Waals surface area contributed by atoms with Crippen molar-refractivity contribution in [2.75, 3.05) is 4.90 Å². The predicted molar refractivity (Wildman–Crippen MR) is 117 cm³/mol. The molecule has 3 aromatic carbocycles. The Morgan fingerprint density at radius 3 is 2.25 bits per heavy atom. The smallest absolute Gasteiger partial charge is 0.233 e. The SMILES string of the molecule is CCc1cccc2sc(N(Cc3ccccc3)C(=O)Cc3ccccc3)nc12. The van der Waals surface area contributed by atoms with Crippen LogP contribution in [0.2, 0.25) is 0 Å². The van der Waals surface area contributed by atoms with E-state index in [2.05, 4.69) is 25.1 Å². The molecule has 0 aliphatic heterocycles. The number of amides is 1. The number of hydrogen-bond acceptors (Lipinski definition) is 3. The van der Waals surface area contributed by atoms with Crippen LogP contribution in [0.5, 0.6) is 0 Å². The molecule has 0 atom stereocenters. The molecule has 0 saturated heterocycles. The number of fused-ring (bicyclic) bond motifs is 1. The van der Waals surface area contributed by atoms with Gasteiger partial charge in [0.25, 0.3) is 0 Å². The van der Waals surface area contributed by atoms with Crippen molar-refractivity contribution in [1.29, 1.82) is 0 Å².